The van der Waals surface area contributed by atoms with Crippen molar-refractivity contribution in [3.05, 3.63) is 65.1 Å². The number of carbonyl (C=O) groups is 2. The number of rotatable bonds is 12. The van der Waals surface area contributed by atoms with Crippen molar-refractivity contribution in [1.82, 2.24) is 20.2 Å². The Kier molecular flexibility index (Phi) is 10.2. The minimum Gasteiger partial charge on any atom is -0.492 e. The molecule has 1 heterocycles. The number of aryl methyl sites for hydroxylation is 1. The van der Waals surface area contributed by atoms with Crippen molar-refractivity contribution in [1.29, 1.82) is 0 Å². The molecule has 38 heavy (non-hydrogen) atoms. The molecule has 2 aromatic carbocycles. The Labute approximate surface area is 229 Å². The average molecular weight is 539 g/mol. The van der Waals surface area contributed by atoms with Crippen LogP contribution in [0.1, 0.15) is 42.9 Å². The van der Waals surface area contributed by atoms with Gasteiger partial charge in [0.25, 0.3) is 5.91 Å². The SMILES string of the molecule is Cc1ccccc1-c1cnc(C(=O)NC(CC(=O)O)C(C)C)nc1-c1ccc(Cl)c(OCCCN(C)C)c1. The molecule has 0 bridgehead atoms. The number of carboxylic acids is 1. The van der Waals surface area contributed by atoms with Crippen LogP contribution in [0, 0.1) is 12.8 Å². The fourth-order valence-electron chi connectivity index (χ4n) is 3.98. The van der Waals surface area contributed by atoms with E-state index in [1.54, 1.807) is 12.3 Å². The lowest BCUT2D eigenvalue weighted by molar-refractivity contribution is -0.137. The molecule has 1 unspecified atom stereocenters. The number of ether oxygens (including phenoxy) is 1. The first kappa shape index (κ1) is 29.1. The normalized spacial score (nSPS) is 12.0. The molecule has 2 N–H and O–H groups in total. The van der Waals surface area contributed by atoms with Crippen LogP contribution in [-0.4, -0.2) is 65.1 Å². The number of aliphatic carboxylic acids is 1. The summed E-state index contributed by atoms with van der Waals surface area (Å²) in [6.45, 7) is 7.10. The van der Waals surface area contributed by atoms with Gasteiger partial charge >= 0.3 is 5.97 Å². The van der Waals surface area contributed by atoms with Crippen LogP contribution in [0.2, 0.25) is 5.02 Å². The molecule has 0 radical (unpaired) electrons. The van der Waals surface area contributed by atoms with Crippen LogP contribution in [-0.2, 0) is 4.79 Å². The molecule has 202 valence electrons. The van der Waals surface area contributed by atoms with Crippen molar-refractivity contribution in [3.63, 3.8) is 0 Å². The van der Waals surface area contributed by atoms with Gasteiger partial charge < -0.3 is 20.1 Å². The van der Waals surface area contributed by atoms with Gasteiger partial charge in [-0.25, -0.2) is 9.97 Å². The predicted molar refractivity (Wildman–Crippen MR) is 150 cm³/mol. The van der Waals surface area contributed by atoms with E-state index in [0.717, 1.165) is 35.2 Å². The minimum absolute atomic E-state index is 0.0447. The highest BCUT2D eigenvalue weighted by Gasteiger charge is 2.23. The maximum atomic E-state index is 13.1. The number of carboxylic acid groups (broad SMARTS) is 1. The molecule has 0 aliphatic carbocycles. The molecule has 0 aliphatic heterocycles. The zero-order valence-electron chi connectivity index (χ0n) is 22.5. The van der Waals surface area contributed by atoms with E-state index in [2.05, 4.69) is 20.2 Å². The number of hydrogen-bond donors (Lipinski definition) is 2. The second kappa shape index (κ2) is 13.3. The maximum Gasteiger partial charge on any atom is 0.305 e. The average Bonchev–Trinajstić information content (AvgIpc) is 2.86. The van der Waals surface area contributed by atoms with Crippen LogP contribution in [0.25, 0.3) is 22.4 Å². The van der Waals surface area contributed by atoms with E-state index in [4.69, 9.17) is 16.3 Å². The first-order valence-electron chi connectivity index (χ1n) is 12.6. The molecule has 0 aliphatic rings. The Morgan fingerprint density at radius 3 is 2.53 bits per heavy atom. The number of aromatic nitrogens is 2. The molecular formula is C29H35ClN4O4. The van der Waals surface area contributed by atoms with Gasteiger partial charge in [0.1, 0.15) is 5.75 Å². The largest absolute Gasteiger partial charge is 0.492 e. The van der Waals surface area contributed by atoms with E-state index in [1.807, 2.05) is 71.3 Å². The van der Waals surface area contributed by atoms with E-state index in [-0.39, 0.29) is 18.2 Å². The quantitative estimate of drug-likeness (QED) is 0.300. The monoisotopic (exact) mass is 538 g/mol. The fraction of sp³-hybridized carbons (Fsp3) is 0.379. The van der Waals surface area contributed by atoms with E-state index in [0.29, 0.717) is 23.1 Å². The third kappa shape index (κ3) is 7.76. The van der Waals surface area contributed by atoms with Crippen LogP contribution in [0.4, 0.5) is 0 Å². The van der Waals surface area contributed by atoms with Gasteiger partial charge in [0, 0.05) is 29.9 Å². The molecule has 0 saturated carbocycles. The van der Waals surface area contributed by atoms with Gasteiger partial charge in [-0.1, -0.05) is 55.8 Å². The van der Waals surface area contributed by atoms with Crippen LogP contribution in [0.5, 0.6) is 5.75 Å². The van der Waals surface area contributed by atoms with Crippen molar-refractivity contribution >= 4 is 23.5 Å². The highest BCUT2D eigenvalue weighted by atomic mass is 35.5. The summed E-state index contributed by atoms with van der Waals surface area (Å²) in [4.78, 5) is 35.5. The second-order valence-corrected chi connectivity index (χ2v) is 10.3. The molecule has 0 fully saturated rings. The van der Waals surface area contributed by atoms with Crippen molar-refractivity contribution < 1.29 is 19.4 Å². The first-order valence-corrected chi connectivity index (χ1v) is 13.0. The van der Waals surface area contributed by atoms with Crippen LogP contribution < -0.4 is 10.1 Å². The molecule has 1 atom stereocenters. The maximum absolute atomic E-state index is 13.1. The molecule has 3 rings (SSSR count). The summed E-state index contributed by atoms with van der Waals surface area (Å²) in [6, 6.07) is 12.7. The van der Waals surface area contributed by atoms with E-state index < -0.39 is 17.9 Å². The summed E-state index contributed by atoms with van der Waals surface area (Å²) in [6.07, 6.45) is 2.28. The van der Waals surface area contributed by atoms with Gasteiger partial charge in [-0.3, -0.25) is 9.59 Å². The molecular weight excluding hydrogens is 504 g/mol. The van der Waals surface area contributed by atoms with Crippen molar-refractivity contribution in [3.8, 4) is 28.1 Å². The lowest BCUT2D eigenvalue weighted by atomic mass is 9.97. The van der Waals surface area contributed by atoms with Crippen LogP contribution in [0.15, 0.2) is 48.7 Å². The number of nitrogens with zero attached hydrogens (tertiary/aromatic N) is 3. The van der Waals surface area contributed by atoms with E-state index in [1.165, 1.54) is 0 Å². The summed E-state index contributed by atoms with van der Waals surface area (Å²) < 4.78 is 5.98. The summed E-state index contributed by atoms with van der Waals surface area (Å²) in [5, 5.41) is 12.5. The number of benzene rings is 2. The van der Waals surface area contributed by atoms with Gasteiger partial charge in [-0.15, -0.1) is 0 Å². The molecule has 1 amide bonds. The summed E-state index contributed by atoms with van der Waals surface area (Å²) in [5.74, 6) is -1.11. The Morgan fingerprint density at radius 1 is 1.13 bits per heavy atom. The van der Waals surface area contributed by atoms with E-state index >= 15 is 0 Å². The zero-order chi connectivity index (χ0) is 27.8. The molecule has 9 heteroatoms. The third-order valence-electron chi connectivity index (χ3n) is 6.15. The third-order valence-corrected chi connectivity index (χ3v) is 6.47. The van der Waals surface area contributed by atoms with Crippen LogP contribution in [0.3, 0.4) is 0 Å². The van der Waals surface area contributed by atoms with Gasteiger partial charge in [0.15, 0.2) is 0 Å². The van der Waals surface area contributed by atoms with Gasteiger partial charge in [0.05, 0.1) is 23.7 Å². The molecule has 8 nitrogen and oxygen atoms in total. The fourth-order valence-corrected chi connectivity index (χ4v) is 4.15. The number of amides is 1. The number of carbonyl (C=O) groups excluding carboxylic acids is 1. The summed E-state index contributed by atoms with van der Waals surface area (Å²) in [5.41, 5.74) is 3.99. The van der Waals surface area contributed by atoms with Gasteiger partial charge in [-0.05, 0) is 56.6 Å². The highest BCUT2D eigenvalue weighted by molar-refractivity contribution is 6.32. The lowest BCUT2D eigenvalue weighted by Crippen LogP contribution is -2.40. The van der Waals surface area contributed by atoms with Crippen molar-refractivity contribution in [2.45, 2.75) is 39.7 Å². The number of nitrogens with one attached hydrogen (secondary N) is 1. The van der Waals surface area contributed by atoms with Gasteiger partial charge in [0.2, 0.25) is 5.82 Å². The molecule has 3 aromatic rings. The number of hydrogen-bond acceptors (Lipinski definition) is 6. The smallest absolute Gasteiger partial charge is 0.305 e. The zero-order valence-corrected chi connectivity index (χ0v) is 23.2. The molecule has 0 saturated heterocycles. The number of halogens is 1. The van der Waals surface area contributed by atoms with Crippen molar-refractivity contribution in [2.75, 3.05) is 27.2 Å². The Bertz CT molecular complexity index is 1280. The standard InChI is InChI=1S/C29H35ClN4O4/c1-18(2)24(16-26(35)36)32-29(37)28-31-17-22(21-10-7-6-9-19(21)3)27(33-28)20-11-12-23(30)25(15-20)38-14-8-13-34(4)5/h6-7,9-12,15,17-18,24H,8,13-14,16H2,1-5H3,(H,32,37)(H,35,36). The minimum atomic E-state index is -0.986. The summed E-state index contributed by atoms with van der Waals surface area (Å²) in [7, 11) is 4.02. The molecule has 0 spiro atoms. The Balaban J connectivity index is 2.03. The van der Waals surface area contributed by atoms with Crippen LogP contribution >= 0.6 is 11.6 Å². The topological polar surface area (TPSA) is 105 Å². The second-order valence-electron chi connectivity index (χ2n) is 9.84. The Morgan fingerprint density at radius 2 is 1.87 bits per heavy atom. The van der Waals surface area contributed by atoms with Gasteiger partial charge in [-0.2, -0.15) is 0 Å². The highest BCUT2D eigenvalue weighted by Crippen LogP contribution is 2.36. The van der Waals surface area contributed by atoms with E-state index in [9.17, 15) is 14.7 Å². The predicted octanol–water partition coefficient (Wildman–Crippen LogP) is 5.33. The molecule has 1 aromatic heterocycles. The lowest BCUT2D eigenvalue weighted by Gasteiger charge is -2.20. The Hall–Kier alpha value is -3.49. The first-order chi connectivity index (χ1) is 18.1. The summed E-state index contributed by atoms with van der Waals surface area (Å²) >= 11 is 6.44. The van der Waals surface area contributed by atoms with Crippen molar-refractivity contribution in [2.24, 2.45) is 5.92 Å².